The minimum absolute atomic E-state index is 0.261. The van der Waals surface area contributed by atoms with Crippen LogP contribution in [-0.4, -0.2) is 41.3 Å². The first-order valence-electron chi connectivity index (χ1n) is 5.75. The van der Waals surface area contributed by atoms with Gasteiger partial charge in [-0.15, -0.1) is 0 Å². The number of aliphatic hydroxyl groups excluding tert-OH is 1. The van der Waals surface area contributed by atoms with Crippen LogP contribution in [0.5, 0.6) is 0 Å². The monoisotopic (exact) mass is 222 g/mol. The molecule has 1 aromatic heterocycles. The van der Waals surface area contributed by atoms with Gasteiger partial charge in [-0.05, 0) is 13.3 Å². The summed E-state index contributed by atoms with van der Waals surface area (Å²) in [6.45, 7) is 4.97. The Morgan fingerprint density at radius 1 is 1.56 bits per heavy atom. The normalized spacial score (nSPS) is 20.1. The van der Waals surface area contributed by atoms with Gasteiger partial charge in [0.25, 0.3) is 0 Å². The van der Waals surface area contributed by atoms with Gasteiger partial charge in [0, 0.05) is 32.2 Å². The van der Waals surface area contributed by atoms with E-state index in [2.05, 4.69) is 20.2 Å². The number of nitrogens with zero attached hydrogens (tertiary/aromatic N) is 3. The largest absolute Gasteiger partial charge is 0.396 e. The molecule has 16 heavy (non-hydrogen) atoms. The van der Waals surface area contributed by atoms with Gasteiger partial charge in [-0.25, -0.2) is 4.98 Å². The first-order valence-corrected chi connectivity index (χ1v) is 5.75. The maximum Gasteiger partial charge on any atom is 0.149 e. The van der Waals surface area contributed by atoms with Crippen molar-refractivity contribution in [1.29, 1.82) is 0 Å². The van der Waals surface area contributed by atoms with E-state index >= 15 is 0 Å². The van der Waals surface area contributed by atoms with E-state index in [0.29, 0.717) is 5.92 Å². The van der Waals surface area contributed by atoms with Gasteiger partial charge in [-0.2, -0.15) is 0 Å². The smallest absolute Gasteiger partial charge is 0.149 e. The zero-order valence-electron chi connectivity index (χ0n) is 9.56. The predicted octanol–water partition coefficient (Wildman–Crippen LogP) is 0.727. The number of anilines is 2. The van der Waals surface area contributed by atoms with Crippen LogP contribution in [0.1, 0.15) is 13.3 Å². The Bertz CT molecular complexity index is 345. The average Bonchev–Trinajstić information content (AvgIpc) is 2.78. The molecule has 0 radical (unpaired) electrons. The van der Waals surface area contributed by atoms with E-state index in [1.807, 2.05) is 6.92 Å². The predicted molar refractivity (Wildman–Crippen MR) is 63.6 cm³/mol. The molecule has 5 heteroatoms. The molecule has 0 aromatic carbocycles. The summed E-state index contributed by atoms with van der Waals surface area (Å²) < 4.78 is 0. The molecule has 5 nitrogen and oxygen atoms in total. The molecule has 1 aromatic rings. The molecule has 2 heterocycles. The van der Waals surface area contributed by atoms with E-state index in [0.717, 1.165) is 37.7 Å². The van der Waals surface area contributed by atoms with Gasteiger partial charge in [0.05, 0.1) is 12.4 Å². The fourth-order valence-electron chi connectivity index (χ4n) is 1.96. The van der Waals surface area contributed by atoms with Crippen LogP contribution in [0.25, 0.3) is 0 Å². The molecule has 0 amide bonds. The van der Waals surface area contributed by atoms with Gasteiger partial charge in [0.2, 0.25) is 0 Å². The minimum atomic E-state index is 0.261. The first-order chi connectivity index (χ1) is 7.83. The summed E-state index contributed by atoms with van der Waals surface area (Å²) >= 11 is 0. The third-order valence-electron chi connectivity index (χ3n) is 2.85. The number of nitrogens with one attached hydrogen (secondary N) is 1. The number of aliphatic hydroxyl groups is 1. The van der Waals surface area contributed by atoms with Crippen molar-refractivity contribution in [2.24, 2.45) is 5.92 Å². The molecule has 1 aliphatic heterocycles. The molecule has 0 spiro atoms. The zero-order valence-corrected chi connectivity index (χ0v) is 9.56. The molecule has 1 unspecified atom stereocenters. The van der Waals surface area contributed by atoms with Gasteiger partial charge in [-0.1, -0.05) is 0 Å². The van der Waals surface area contributed by atoms with Crippen LogP contribution in [0.2, 0.25) is 0 Å². The van der Waals surface area contributed by atoms with Gasteiger partial charge in [-0.3, -0.25) is 4.98 Å². The lowest BCUT2D eigenvalue weighted by molar-refractivity contribution is 0.238. The highest BCUT2D eigenvalue weighted by molar-refractivity contribution is 5.44. The van der Waals surface area contributed by atoms with Gasteiger partial charge >= 0.3 is 0 Å². The lowest BCUT2D eigenvalue weighted by Gasteiger charge is -2.17. The van der Waals surface area contributed by atoms with Crippen molar-refractivity contribution in [2.45, 2.75) is 13.3 Å². The van der Waals surface area contributed by atoms with E-state index in [-0.39, 0.29) is 6.61 Å². The second kappa shape index (κ2) is 5.12. The molecule has 2 rings (SSSR count). The number of aromatic nitrogens is 2. The van der Waals surface area contributed by atoms with Crippen molar-refractivity contribution in [3.63, 3.8) is 0 Å². The summed E-state index contributed by atoms with van der Waals surface area (Å²) in [4.78, 5) is 10.8. The lowest BCUT2D eigenvalue weighted by atomic mass is 10.1. The highest BCUT2D eigenvalue weighted by Crippen LogP contribution is 2.21. The van der Waals surface area contributed by atoms with E-state index < -0.39 is 0 Å². The minimum Gasteiger partial charge on any atom is -0.396 e. The second-order valence-electron chi connectivity index (χ2n) is 4.08. The Morgan fingerprint density at radius 2 is 2.44 bits per heavy atom. The Labute approximate surface area is 95.5 Å². The van der Waals surface area contributed by atoms with Crippen LogP contribution in [0.4, 0.5) is 11.6 Å². The van der Waals surface area contributed by atoms with Crippen molar-refractivity contribution in [3.05, 3.63) is 12.4 Å². The molecule has 0 saturated carbocycles. The molecule has 1 atom stereocenters. The Hall–Kier alpha value is -1.36. The lowest BCUT2D eigenvalue weighted by Crippen LogP contribution is -2.22. The van der Waals surface area contributed by atoms with Crippen LogP contribution in [0, 0.1) is 5.92 Å². The number of hydrogen-bond donors (Lipinski definition) is 2. The maximum absolute atomic E-state index is 9.09. The SMILES string of the molecule is CCNc1cncc(N2CCC(CO)C2)n1. The third-order valence-corrected chi connectivity index (χ3v) is 2.85. The number of hydrogen-bond acceptors (Lipinski definition) is 5. The van der Waals surface area contributed by atoms with Crippen molar-refractivity contribution < 1.29 is 5.11 Å². The molecule has 2 N–H and O–H groups in total. The van der Waals surface area contributed by atoms with E-state index in [4.69, 9.17) is 5.11 Å². The first kappa shape index (κ1) is 11.1. The summed E-state index contributed by atoms with van der Waals surface area (Å²) in [6.07, 6.45) is 4.54. The van der Waals surface area contributed by atoms with Crippen LogP contribution in [0.3, 0.4) is 0 Å². The molecule has 0 bridgehead atoms. The van der Waals surface area contributed by atoms with Gasteiger partial charge < -0.3 is 15.3 Å². The zero-order chi connectivity index (χ0) is 11.4. The standard InChI is InChI=1S/C11H18N4O/c1-2-13-10-5-12-6-11(14-10)15-4-3-9(7-15)8-16/h5-6,9,16H,2-4,7-8H2,1H3,(H,13,14). The average molecular weight is 222 g/mol. The molecule has 1 fully saturated rings. The van der Waals surface area contributed by atoms with Crippen molar-refractivity contribution >= 4 is 11.6 Å². The molecule has 1 aliphatic rings. The Kier molecular flexibility index (Phi) is 3.56. The Balaban J connectivity index is 2.06. The fourth-order valence-corrected chi connectivity index (χ4v) is 1.96. The molecular formula is C11H18N4O. The topological polar surface area (TPSA) is 61.3 Å². The van der Waals surface area contributed by atoms with E-state index in [1.165, 1.54) is 0 Å². The van der Waals surface area contributed by atoms with Crippen molar-refractivity contribution in [1.82, 2.24) is 9.97 Å². The molecular weight excluding hydrogens is 204 g/mol. The highest BCUT2D eigenvalue weighted by Gasteiger charge is 2.22. The van der Waals surface area contributed by atoms with Crippen LogP contribution >= 0.6 is 0 Å². The van der Waals surface area contributed by atoms with Crippen LogP contribution in [0.15, 0.2) is 12.4 Å². The van der Waals surface area contributed by atoms with Crippen molar-refractivity contribution in [3.8, 4) is 0 Å². The molecule has 88 valence electrons. The van der Waals surface area contributed by atoms with Crippen molar-refractivity contribution in [2.75, 3.05) is 36.5 Å². The summed E-state index contributed by atoms with van der Waals surface area (Å²) in [6, 6.07) is 0. The summed E-state index contributed by atoms with van der Waals surface area (Å²) in [7, 11) is 0. The van der Waals surface area contributed by atoms with Crippen LogP contribution in [-0.2, 0) is 0 Å². The number of rotatable bonds is 4. The van der Waals surface area contributed by atoms with Crippen LogP contribution < -0.4 is 10.2 Å². The Morgan fingerprint density at radius 3 is 3.12 bits per heavy atom. The van der Waals surface area contributed by atoms with Gasteiger partial charge in [0.1, 0.15) is 11.6 Å². The third kappa shape index (κ3) is 2.41. The van der Waals surface area contributed by atoms with Gasteiger partial charge in [0.15, 0.2) is 0 Å². The molecule has 0 aliphatic carbocycles. The summed E-state index contributed by atoms with van der Waals surface area (Å²) in [5.74, 6) is 2.09. The molecule has 1 saturated heterocycles. The highest BCUT2D eigenvalue weighted by atomic mass is 16.3. The summed E-state index contributed by atoms with van der Waals surface area (Å²) in [5.41, 5.74) is 0. The quantitative estimate of drug-likeness (QED) is 0.786. The van der Waals surface area contributed by atoms with E-state index in [1.54, 1.807) is 12.4 Å². The maximum atomic E-state index is 9.09. The second-order valence-corrected chi connectivity index (χ2v) is 4.08. The summed E-state index contributed by atoms with van der Waals surface area (Å²) in [5, 5.41) is 12.2. The fraction of sp³-hybridized carbons (Fsp3) is 0.636. The van der Waals surface area contributed by atoms with E-state index in [9.17, 15) is 0 Å².